The number of amides is 1. The Hall–Kier alpha value is -2.67. The molecule has 0 saturated carbocycles. The first-order valence-corrected chi connectivity index (χ1v) is 8.62. The lowest BCUT2D eigenvalue weighted by molar-refractivity contribution is -0.113. The monoisotopic (exact) mass is 360 g/mol. The number of fused-ring (bicyclic) bond motifs is 1. The summed E-state index contributed by atoms with van der Waals surface area (Å²) in [4.78, 5) is 26.8. The summed E-state index contributed by atoms with van der Waals surface area (Å²) in [6.07, 6.45) is 0. The first-order chi connectivity index (χ1) is 12.0. The highest BCUT2D eigenvalue weighted by Crippen LogP contribution is 2.16. The van der Waals surface area contributed by atoms with Gasteiger partial charge in [-0.15, -0.1) is 11.8 Å². The van der Waals surface area contributed by atoms with Gasteiger partial charge in [0.05, 0.1) is 11.3 Å². The Morgan fingerprint density at radius 1 is 1.12 bits per heavy atom. The van der Waals surface area contributed by atoms with E-state index in [0.717, 1.165) is 0 Å². The summed E-state index contributed by atoms with van der Waals surface area (Å²) >= 11 is 1.28. The van der Waals surface area contributed by atoms with E-state index in [1.165, 1.54) is 54.2 Å². The second-order valence-electron chi connectivity index (χ2n) is 5.37. The highest BCUT2D eigenvalue weighted by molar-refractivity contribution is 7.99. The van der Waals surface area contributed by atoms with Crippen molar-refractivity contribution in [3.63, 3.8) is 0 Å². The predicted molar refractivity (Wildman–Crippen MR) is 95.7 cm³/mol. The quantitative estimate of drug-likeness (QED) is 0.730. The van der Waals surface area contributed by atoms with Gasteiger partial charge in [-0.3, -0.25) is 9.59 Å². The fraction of sp³-hybridized carbons (Fsp3) is 0.111. The first kappa shape index (κ1) is 17.2. The van der Waals surface area contributed by atoms with Crippen LogP contribution in [0.1, 0.15) is 5.69 Å². The molecule has 4 nitrogen and oxygen atoms in total. The summed E-state index contributed by atoms with van der Waals surface area (Å²) in [6.45, 7) is 0. The molecule has 7 heteroatoms. The Morgan fingerprint density at radius 2 is 1.88 bits per heavy atom. The summed E-state index contributed by atoms with van der Waals surface area (Å²) in [5.74, 6) is -0.605. The van der Waals surface area contributed by atoms with Crippen molar-refractivity contribution >= 4 is 34.3 Å². The number of carbonyl (C=O) groups excluding carboxylic acids is 1. The largest absolute Gasteiger partial charge is 0.355 e. The molecule has 0 aliphatic rings. The molecule has 0 bridgehead atoms. The summed E-state index contributed by atoms with van der Waals surface area (Å²) in [7, 11) is 0. The molecule has 2 N–H and O–H groups in total. The average Bonchev–Trinajstić information content (AvgIpc) is 2.58. The second-order valence-corrected chi connectivity index (χ2v) is 6.35. The number of aromatic amines is 1. The molecule has 0 fully saturated rings. The maximum absolute atomic E-state index is 13.8. The van der Waals surface area contributed by atoms with E-state index in [0.29, 0.717) is 22.5 Å². The van der Waals surface area contributed by atoms with Crippen LogP contribution < -0.4 is 10.7 Å². The van der Waals surface area contributed by atoms with E-state index in [4.69, 9.17) is 0 Å². The van der Waals surface area contributed by atoms with Gasteiger partial charge in [0.1, 0.15) is 11.6 Å². The normalized spacial score (nSPS) is 10.8. The molecule has 0 aliphatic carbocycles. The van der Waals surface area contributed by atoms with Crippen molar-refractivity contribution in [1.29, 1.82) is 0 Å². The molecule has 0 atom stereocenters. The van der Waals surface area contributed by atoms with E-state index >= 15 is 0 Å². The molecule has 1 amide bonds. The maximum Gasteiger partial charge on any atom is 0.234 e. The standard InChI is InChI=1S/C18H14F2N2O2S/c19-11-4-6-12(7-5-11)21-17(24)10-25-9-13-8-16(23)14-2-1-3-15(20)18(14)22-13/h1-8H,9-10H2,(H,21,24)(H,22,23). The van der Waals surface area contributed by atoms with Crippen molar-refractivity contribution < 1.29 is 13.6 Å². The SMILES string of the molecule is O=C(CSCc1cc(=O)c2cccc(F)c2[nH]1)Nc1ccc(F)cc1. The zero-order chi connectivity index (χ0) is 17.8. The topological polar surface area (TPSA) is 62.0 Å². The van der Waals surface area contributed by atoms with E-state index in [1.54, 1.807) is 6.07 Å². The van der Waals surface area contributed by atoms with E-state index in [1.807, 2.05) is 0 Å². The van der Waals surface area contributed by atoms with Crippen molar-refractivity contribution in [3.8, 4) is 0 Å². The minimum absolute atomic E-state index is 0.148. The van der Waals surface area contributed by atoms with Crippen molar-refractivity contribution in [2.45, 2.75) is 5.75 Å². The zero-order valence-corrected chi connectivity index (χ0v) is 13.8. The van der Waals surface area contributed by atoms with Crippen molar-refractivity contribution in [1.82, 2.24) is 4.98 Å². The number of nitrogens with one attached hydrogen (secondary N) is 2. The number of pyridine rings is 1. The van der Waals surface area contributed by atoms with Gasteiger partial charge in [0.15, 0.2) is 5.43 Å². The average molecular weight is 360 g/mol. The maximum atomic E-state index is 13.8. The molecular formula is C18H14F2N2O2S. The number of thioether (sulfide) groups is 1. The summed E-state index contributed by atoms with van der Waals surface area (Å²) in [5, 5.41) is 2.94. The smallest absolute Gasteiger partial charge is 0.234 e. The van der Waals surface area contributed by atoms with Crippen LogP contribution in [-0.4, -0.2) is 16.6 Å². The molecule has 3 rings (SSSR count). The minimum atomic E-state index is -0.490. The Labute approximate surface area is 146 Å². The highest BCUT2D eigenvalue weighted by atomic mass is 32.2. The number of aromatic nitrogens is 1. The lowest BCUT2D eigenvalue weighted by atomic mass is 10.2. The van der Waals surface area contributed by atoms with Crippen molar-refractivity contribution in [2.24, 2.45) is 0 Å². The van der Waals surface area contributed by atoms with Crippen LogP contribution in [0.25, 0.3) is 10.9 Å². The predicted octanol–water partition coefficient (Wildman–Crippen LogP) is 3.68. The third-order valence-electron chi connectivity index (χ3n) is 3.49. The summed E-state index contributed by atoms with van der Waals surface area (Å²) in [5.41, 5.74) is 0.955. The van der Waals surface area contributed by atoms with Crippen molar-refractivity contribution in [3.05, 3.63) is 76.1 Å². The Balaban J connectivity index is 1.61. The lowest BCUT2D eigenvalue weighted by Crippen LogP contribution is -2.14. The van der Waals surface area contributed by atoms with E-state index in [2.05, 4.69) is 10.3 Å². The molecule has 0 aliphatic heterocycles. The second kappa shape index (κ2) is 7.48. The van der Waals surface area contributed by atoms with Gasteiger partial charge < -0.3 is 10.3 Å². The van der Waals surface area contributed by atoms with Gasteiger partial charge >= 0.3 is 0 Å². The van der Waals surface area contributed by atoms with Gasteiger partial charge in [-0.05, 0) is 36.4 Å². The van der Waals surface area contributed by atoms with Crippen LogP contribution >= 0.6 is 11.8 Å². The number of hydrogen-bond acceptors (Lipinski definition) is 3. The van der Waals surface area contributed by atoms with E-state index in [9.17, 15) is 18.4 Å². The molecule has 25 heavy (non-hydrogen) atoms. The number of para-hydroxylation sites is 1. The molecule has 2 aromatic carbocycles. The summed E-state index contributed by atoms with van der Waals surface area (Å²) in [6, 6.07) is 11.2. The van der Waals surface area contributed by atoms with Gasteiger partial charge in [-0.2, -0.15) is 0 Å². The summed E-state index contributed by atoms with van der Waals surface area (Å²) < 4.78 is 26.6. The van der Waals surface area contributed by atoms with Crippen LogP contribution in [0.15, 0.2) is 53.3 Å². The number of carbonyl (C=O) groups is 1. The third kappa shape index (κ3) is 4.24. The van der Waals surface area contributed by atoms with E-state index in [-0.39, 0.29) is 28.4 Å². The molecule has 0 saturated heterocycles. The zero-order valence-electron chi connectivity index (χ0n) is 13.0. The molecule has 0 spiro atoms. The van der Waals surface area contributed by atoms with Gasteiger partial charge in [-0.25, -0.2) is 8.78 Å². The minimum Gasteiger partial charge on any atom is -0.355 e. The van der Waals surface area contributed by atoms with Gasteiger partial charge in [0.2, 0.25) is 5.91 Å². The van der Waals surface area contributed by atoms with Gasteiger partial charge in [0, 0.05) is 28.6 Å². The Kier molecular flexibility index (Phi) is 5.14. The number of benzene rings is 2. The van der Waals surface area contributed by atoms with Crippen LogP contribution in [-0.2, 0) is 10.5 Å². The Bertz CT molecular complexity index is 971. The first-order valence-electron chi connectivity index (χ1n) is 7.46. The molecular weight excluding hydrogens is 346 g/mol. The number of anilines is 1. The highest BCUT2D eigenvalue weighted by Gasteiger charge is 2.08. The Morgan fingerprint density at radius 3 is 2.64 bits per heavy atom. The number of hydrogen-bond donors (Lipinski definition) is 2. The van der Waals surface area contributed by atoms with Gasteiger partial charge in [0.25, 0.3) is 0 Å². The van der Waals surface area contributed by atoms with E-state index < -0.39 is 5.82 Å². The molecule has 0 radical (unpaired) electrons. The molecule has 1 heterocycles. The fourth-order valence-corrected chi connectivity index (χ4v) is 3.09. The van der Waals surface area contributed by atoms with Crippen LogP contribution in [0.4, 0.5) is 14.5 Å². The number of halogens is 2. The van der Waals surface area contributed by atoms with Crippen molar-refractivity contribution in [2.75, 3.05) is 11.1 Å². The van der Waals surface area contributed by atoms with Crippen LogP contribution in [0.5, 0.6) is 0 Å². The number of H-pyrrole nitrogens is 1. The fourth-order valence-electron chi connectivity index (χ4n) is 2.35. The molecule has 128 valence electrons. The molecule has 0 unspecified atom stereocenters. The van der Waals surface area contributed by atoms with Crippen LogP contribution in [0.3, 0.4) is 0 Å². The molecule has 3 aromatic rings. The number of rotatable bonds is 5. The van der Waals surface area contributed by atoms with Crippen LogP contribution in [0, 0.1) is 11.6 Å². The third-order valence-corrected chi connectivity index (χ3v) is 4.47. The molecule has 1 aromatic heterocycles. The van der Waals surface area contributed by atoms with Gasteiger partial charge in [-0.1, -0.05) is 6.07 Å². The van der Waals surface area contributed by atoms with Crippen LogP contribution in [0.2, 0.25) is 0 Å². The lowest BCUT2D eigenvalue weighted by Gasteiger charge is -2.06.